The lowest BCUT2D eigenvalue weighted by Crippen LogP contribution is -2.29. The molecule has 0 radical (unpaired) electrons. The van der Waals surface area contributed by atoms with Crippen LogP contribution in [0.15, 0.2) is 43.0 Å². The number of nitrogens with zero attached hydrogens (tertiary/aromatic N) is 4. The quantitative estimate of drug-likeness (QED) is 0.781. The highest BCUT2D eigenvalue weighted by molar-refractivity contribution is 5.78. The lowest BCUT2D eigenvalue weighted by molar-refractivity contribution is 0.370. The number of rotatable bonds is 4. The molecular weight excluding hydrogens is 333 g/mol. The zero-order chi connectivity index (χ0) is 17.9. The molecule has 7 heteroatoms. The fraction of sp³-hybridized carbons (Fsp3) is 0.316. The van der Waals surface area contributed by atoms with Gasteiger partial charge in [0.2, 0.25) is 0 Å². The third kappa shape index (κ3) is 3.17. The number of imidazole rings is 1. The van der Waals surface area contributed by atoms with Crippen molar-refractivity contribution in [3.8, 4) is 28.5 Å². The summed E-state index contributed by atoms with van der Waals surface area (Å²) in [6.45, 7) is 1.96. The first-order valence-corrected chi connectivity index (χ1v) is 8.66. The lowest BCUT2D eigenvalue weighted by atomic mass is 10.0. The zero-order valence-electron chi connectivity index (χ0n) is 14.5. The van der Waals surface area contributed by atoms with Crippen molar-refractivity contribution in [2.75, 3.05) is 20.2 Å². The SMILES string of the molecule is COc1ncc(-c2c(-c3ccc(F)cc3)ncn2C2CCNCC2)cn1. The van der Waals surface area contributed by atoms with Crippen LogP contribution in [-0.4, -0.2) is 39.7 Å². The normalized spacial score (nSPS) is 15.2. The van der Waals surface area contributed by atoms with Crippen molar-refractivity contribution >= 4 is 0 Å². The summed E-state index contributed by atoms with van der Waals surface area (Å²) >= 11 is 0. The Morgan fingerprint density at radius 3 is 2.38 bits per heavy atom. The Morgan fingerprint density at radius 2 is 1.73 bits per heavy atom. The van der Waals surface area contributed by atoms with E-state index in [0.717, 1.165) is 48.4 Å². The van der Waals surface area contributed by atoms with Crippen LogP contribution in [-0.2, 0) is 0 Å². The van der Waals surface area contributed by atoms with Crippen molar-refractivity contribution in [2.45, 2.75) is 18.9 Å². The average Bonchev–Trinajstić information content (AvgIpc) is 3.14. The predicted molar refractivity (Wildman–Crippen MR) is 96.3 cm³/mol. The molecule has 1 N–H and O–H groups in total. The molecule has 2 aromatic heterocycles. The molecule has 0 aliphatic carbocycles. The van der Waals surface area contributed by atoms with Gasteiger partial charge in [-0.15, -0.1) is 0 Å². The molecule has 0 amide bonds. The van der Waals surface area contributed by atoms with E-state index in [-0.39, 0.29) is 5.82 Å². The number of benzene rings is 1. The molecule has 1 aliphatic rings. The van der Waals surface area contributed by atoms with Crippen LogP contribution in [0.3, 0.4) is 0 Å². The Hall–Kier alpha value is -2.80. The number of piperidine rings is 1. The summed E-state index contributed by atoms with van der Waals surface area (Å²) in [6, 6.07) is 7.08. The van der Waals surface area contributed by atoms with E-state index in [1.165, 1.54) is 19.2 Å². The van der Waals surface area contributed by atoms with Crippen molar-refractivity contribution in [3.63, 3.8) is 0 Å². The summed E-state index contributed by atoms with van der Waals surface area (Å²) in [5.74, 6) is -0.263. The average molecular weight is 353 g/mol. The molecule has 0 saturated carbocycles. The maximum absolute atomic E-state index is 13.3. The lowest BCUT2D eigenvalue weighted by Gasteiger charge is -2.26. The molecule has 1 aliphatic heterocycles. The van der Waals surface area contributed by atoms with E-state index in [0.29, 0.717) is 12.1 Å². The van der Waals surface area contributed by atoms with Gasteiger partial charge in [-0.2, -0.15) is 0 Å². The maximum Gasteiger partial charge on any atom is 0.316 e. The first-order chi connectivity index (χ1) is 12.8. The van der Waals surface area contributed by atoms with Gasteiger partial charge in [-0.3, -0.25) is 0 Å². The summed E-state index contributed by atoms with van der Waals surface area (Å²) < 4.78 is 20.6. The van der Waals surface area contributed by atoms with Gasteiger partial charge in [0, 0.05) is 29.6 Å². The molecule has 1 fully saturated rings. The third-order valence-corrected chi connectivity index (χ3v) is 4.70. The van der Waals surface area contributed by atoms with Crippen LogP contribution in [0.4, 0.5) is 4.39 Å². The van der Waals surface area contributed by atoms with E-state index in [1.54, 1.807) is 24.5 Å². The van der Waals surface area contributed by atoms with Crippen LogP contribution in [0, 0.1) is 5.82 Å². The number of nitrogens with one attached hydrogen (secondary N) is 1. The van der Waals surface area contributed by atoms with Gasteiger partial charge in [-0.1, -0.05) is 0 Å². The highest BCUT2D eigenvalue weighted by Gasteiger charge is 2.22. The first-order valence-electron chi connectivity index (χ1n) is 8.66. The van der Waals surface area contributed by atoms with Gasteiger partial charge >= 0.3 is 6.01 Å². The van der Waals surface area contributed by atoms with Crippen molar-refractivity contribution in [1.82, 2.24) is 24.8 Å². The Morgan fingerprint density at radius 1 is 1.04 bits per heavy atom. The van der Waals surface area contributed by atoms with E-state index in [9.17, 15) is 4.39 Å². The molecule has 26 heavy (non-hydrogen) atoms. The number of ether oxygens (including phenoxy) is 1. The number of aromatic nitrogens is 4. The van der Waals surface area contributed by atoms with Crippen molar-refractivity contribution in [1.29, 1.82) is 0 Å². The van der Waals surface area contributed by atoms with Crippen LogP contribution in [0.1, 0.15) is 18.9 Å². The van der Waals surface area contributed by atoms with Crippen LogP contribution >= 0.6 is 0 Å². The minimum atomic E-state index is -0.263. The van der Waals surface area contributed by atoms with Gasteiger partial charge in [0.25, 0.3) is 0 Å². The molecule has 4 rings (SSSR count). The smallest absolute Gasteiger partial charge is 0.316 e. The minimum Gasteiger partial charge on any atom is -0.467 e. The first kappa shape index (κ1) is 16.7. The standard InChI is InChI=1S/C19H20FN5O/c1-26-19-22-10-14(11-23-19)18-17(13-2-4-15(20)5-3-13)24-12-25(18)16-6-8-21-9-7-16/h2-5,10-12,16,21H,6-9H2,1H3. The highest BCUT2D eigenvalue weighted by Crippen LogP contribution is 2.35. The largest absolute Gasteiger partial charge is 0.467 e. The zero-order valence-corrected chi connectivity index (χ0v) is 14.5. The summed E-state index contributed by atoms with van der Waals surface area (Å²) in [5.41, 5.74) is 3.48. The van der Waals surface area contributed by atoms with Gasteiger partial charge < -0.3 is 14.6 Å². The maximum atomic E-state index is 13.3. The molecule has 1 saturated heterocycles. The molecule has 1 aromatic carbocycles. The highest BCUT2D eigenvalue weighted by atomic mass is 19.1. The molecule has 134 valence electrons. The second kappa shape index (κ2) is 7.21. The molecule has 0 bridgehead atoms. The minimum absolute atomic E-state index is 0.263. The molecule has 0 spiro atoms. The molecule has 6 nitrogen and oxygen atoms in total. The summed E-state index contributed by atoms with van der Waals surface area (Å²) in [4.78, 5) is 13.1. The summed E-state index contributed by atoms with van der Waals surface area (Å²) in [7, 11) is 1.54. The van der Waals surface area contributed by atoms with Gasteiger partial charge in [0.05, 0.1) is 24.8 Å². The van der Waals surface area contributed by atoms with E-state index < -0.39 is 0 Å². The Labute approximate surface area is 151 Å². The molecule has 0 unspecified atom stereocenters. The van der Waals surface area contributed by atoms with Crippen molar-refractivity contribution in [3.05, 3.63) is 48.8 Å². The second-order valence-corrected chi connectivity index (χ2v) is 6.30. The predicted octanol–water partition coefficient (Wildman–Crippen LogP) is 3.08. The van der Waals surface area contributed by atoms with Crippen molar-refractivity contribution in [2.24, 2.45) is 0 Å². The van der Waals surface area contributed by atoms with Gasteiger partial charge in [-0.25, -0.2) is 19.3 Å². The van der Waals surface area contributed by atoms with Crippen LogP contribution in [0.5, 0.6) is 6.01 Å². The second-order valence-electron chi connectivity index (χ2n) is 6.30. The van der Waals surface area contributed by atoms with Gasteiger partial charge in [-0.05, 0) is 50.2 Å². The molecule has 3 heterocycles. The van der Waals surface area contributed by atoms with E-state index >= 15 is 0 Å². The Kier molecular flexibility index (Phi) is 4.62. The Bertz CT molecular complexity index is 870. The van der Waals surface area contributed by atoms with E-state index in [4.69, 9.17) is 4.74 Å². The third-order valence-electron chi connectivity index (χ3n) is 4.70. The van der Waals surface area contributed by atoms with Gasteiger partial charge in [0.15, 0.2) is 0 Å². The molecule has 3 aromatic rings. The topological polar surface area (TPSA) is 64.9 Å². The monoisotopic (exact) mass is 353 g/mol. The van der Waals surface area contributed by atoms with Crippen LogP contribution < -0.4 is 10.1 Å². The number of methoxy groups -OCH3 is 1. The Balaban J connectivity index is 1.83. The molecule has 0 atom stereocenters. The molecular formula is C19H20FN5O. The number of hydrogen-bond donors (Lipinski definition) is 1. The van der Waals surface area contributed by atoms with Crippen LogP contribution in [0.2, 0.25) is 0 Å². The van der Waals surface area contributed by atoms with E-state index in [1.807, 2.05) is 6.33 Å². The van der Waals surface area contributed by atoms with Gasteiger partial charge in [0.1, 0.15) is 5.82 Å². The van der Waals surface area contributed by atoms with Crippen molar-refractivity contribution < 1.29 is 9.13 Å². The van der Waals surface area contributed by atoms with Crippen LogP contribution in [0.25, 0.3) is 22.5 Å². The number of hydrogen-bond acceptors (Lipinski definition) is 5. The summed E-state index contributed by atoms with van der Waals surface area (Å²) in [6.07, 6.45) is 7.42. The fourth-order valence-corrected chi connectivity index (χ4v) is 3.37. The summed E-state index contributed by atoms with van der Waals surface area (Å²) in [5, 5.41) is 3.39. The fourth-order valence-electron chi connectivity index (χ4n) is 3.37. The van der Waals surface area contributed by atoms with E-state index in [2.05, 4.69) is 24.8 Å². The number of halogens is 1.